The smallest absolute Gasteiger partial charge is 0.216 e. The summed E-state index contributed by atoms with van der Waals surface area (Å²) in [6, 6.07) is 17.0. The molecule has 5 nitrogen and oxygen atoms in total. The lowest BCUT2D eigenvalue weighted by atomic mass is 10.1. The van der Waals surface area contributed by atoms with Crippen molar-refractivity contribution < 1.29 is 9.90 Å². The molecule has 0 atom stereocenters. The van der Waals surface area contributed by atoms with Crippen LogP contribution in [-0.2, 0) is 0 Å². The van der Waals surface area contributed by atoms with Crippen molar-refractivity contribution in [2.24, 2.45) is 10.2 Å². The number of aliphatic hydroxyl groups is 1. The summed E-state index contributed by atoms with van der Waals surface area (Å²) < 4.78 is 0. The van der Waals surface area contributed by atoms with Crippen molar-refractivity contribution in [1.29, 1.82) is 5.26 Å². The SMILES string of the molecule is N#Cc1ccccc1N=N/C(=C\O)C(=O)c1ccccc1. The monoisotopic (exact) mass is 277 g/mol. The van der Waals surface area contributed by atoms with Gasteiger partial charge in [0.05, 0.1) is 5.56 Å². The van der Waals surface area contributed by atoms with Gasteiger partial charge in [0.15, 0.2) is 5.70 Å². The molecule has 0 bridgehead atoms. The Bertz CT molecular complexity index is 744. The standard InChI is InChI=1S/C16H11N3O2/c17-10-13-8-4-5-9-14(13)18-19-15(11-20)16(21)12-6-2-1-3-7-12/h1-9,11,20H/b15-11-,19-18?. The molecule has 0 amide bonds. The maximum atomic E-state index is 12.1. The number of Topliss-reactive ketones (excluding diaryl/α,β-unsaturated/α-hetero) is 1. The van der Waals surface area contributed by atoms with Crippen molar-refractivity contribution in [3.8, 4) is 6.07 Å². The molecule has 0 aromatic heterocycles. The van der Waals surface area contributed by atoms with Crippen molar-refractivity contribution >= 4 is 11.5 Å². The Morgan fingerprint density at radius 1 is 1.10 bits per heavy atom. The number of aliphatic hydroxyl groups excluding tert-OH is 1. The number of hydrogen-bond donors (Lipinski definition) is 1. The van der Waals surface area contributed by atoms with Crippen LogP contribution in [0.15, 0.2) is 76.8 Å². The van der Waals surface area contributed by atoms with Crippen LogP contribution in [0.2, 0.25) is 0 Å². The van der Waals surface area contributed by atoms with Gasteiger partial charge in [-0.05, 0) is 12.1 Å². The second-order valence-electron chi connectivity index (χ2n) is 4.04. The second kappa shape index (κ2) is 6.78. The molecule has 0 radical (unpaired) electrons. The summed E-state index contributed by atoms with van der Waals surface area (Å²) in [6.45, 7) is 0. The van der Waals surface area contributed by atoms with Gasteiger partial charge in [0.2, 0.25) is 5.78 Å². The lowest BCUT2D eigenvalue weighted by Gasteiger charge is -1.99. The number of carbonyl (C=O) groups is 1. The van der Waals surface area contributed by atoms with E-state index in [1.165, 1.54) is 0 Å². The van der Waals surface area contributed by atoms with Crippen LogP contribution in [0.3, 0.4) is 0 Å². The normalized spacial score (nSPS) is 11.3. The number of ketones is 1. The molecule has 2 aromatic rings. The van der Waals surface area contributed by atoms with Crippen molar-refractivity contribution in [1.82, 2.24) is 0 Å². The van der Waals surface area contributed by atoms with Crippen molar-refractivity contribution in [3.63, 3.8) is 0 Å². The predicted molar refractivity (Wildman–Crippen MR) is 77.2 cm³/mol. The molecule has 0 spiro atoms. The molecule has 0 aliphatic heterocycles. The highest BCUT2D eigenvalue weighted by Gasteiger charge is 2.12. The van der Waals surface area contributed by atoms with E-state index in [4.69, 9.17) is 10.4 Å². The van der Waals surface area contributed by atoms with Crippen molar-refractivity contribution in [2.75, 3.05) is 0 Å². The van der Waals surface area contributed by atoms with Gasteiger partial charge in [-0.2, -0.15) is 5.26 Å². The fourth-order valence-corrected chi connectivity index (χ4v) is 1.63. The summed E-state index contributed by atoms with van der Waals surface area (Å²) in [4.78, 5) is 12.1. The molecule has 102 valence electrons. The minimum Gasteiger partial charge on any atom is -0.513 e. The Balaban J connectivity index is 2.27. The number of rotatable bonds is 4. The highest BCUT2D eigenvalue weighted by atomic mass is 16.2. The first-order valence-corrected chi connectivity index (χ1v) is 6.11. The summed E-state index contributed by atoms with van der Waals surface area (Å²) in [5, 5.41) is 25.7. The van der Waals surface area contributed by atoms with E-state index in [0.717, 1.165) is 0 Å². The number of nitriles is 1. The Kier molecular flexibility index (Phi) is 4.57. The Morgan fingerprint density at radius 3 is 2.43 bits per heavy atom. The molecule has 0 saturated carbocycles. The van der Waals surface area contributed by atoms with Gasteiger partial charge in [0, 0.05) is 5.56 Å². The lowest BCUT2D eigenvalue weighted by molar-refractivity contribution is 0.102. The van der Waals surface area contributed by atoms with E-state index in [0.29, 0.717) is 23.1 Å². The molecular weight excluding hydrogens is 266 g/mol. The topological polar surface area (TPSA) is 85.8 Å². The fraction of sp³-hybridized carbons (Fsp3) is 0. The van der Waals surface area contributed by atoms with E-state index in [1.807, 2.05) is 6.07 Å². The summed E-state index contributed by atoms with van der Waals surface area (Å²) in [6.07, 6.45) is 0.605. The fourth-order valence-electron chi connectivity index (χ4n) is 1.63. The number of benzene rings is 2. The average molecular weight is 277 g/mol. The number of hydrogen-bond acceptors (Lipinski definition) is 5. The molecule has 1 N–H and O–H groups in total. The van der Waals surface area contributed by atoms with Gasteiger partial charge in [0.25, 0.3) is 0 Å². The minimum atomic E-state index is -0.448. The third-order valence-corrected chi connectivity index (χ3v) is 2.68. The zero-order chi connectivity index (χ0) is 15.1. The first kappa shape index (κ1) is 14.2. The van der Waals surface area contributed by atoms with Gasteiger partial charge in [-0.15, -0.1) is 10.2 Å². The molecule has 0 fully saturated rings. The number of carbonyl (C=O) groups excluding carboxylic acids is 1. The maximum absolute atomic E-state index is 12.1. The zero-order valence-corrected chi connectivity index (χ0v) is 11.0. The predicted octanol–water partition coefficient (Wildman–Crippen LogP) is 3.92. The van der Waals surface area contributed by atoms with E-state index in [9.17, 15) is 4.79 Å². The maximum Gasteiger partial charge on any atom is 0.216 e. The van der Waals surface area contributed by atoms with E-state index < -0.39 is 5.78 Å². The van der Waals surface area contributed by atoms with Crippen LogP contribution in [-0.4, -0.2) is 10.9 Å². The van der Waals surface area contributed by atoms with Crippen LogP contribution in [0, 0.1) is 11.3 Å². The second-order valence-corrected chi connectivity index (χ2v) is 4.04. The number of allylic oxidation sites excluding steroid dienone is 1. The van der Waals surface area contributed by atoms with Crippen LogP contribution >= 0.6 is 0 Å². The molecule has 2 aromatic carbocycles. The minimum absolute atomic E-state index is 0.200. The number of nitrogens with zero attached hydrogens (tertiary/aromatic N) is 3. The highest BCUT2D eigenvalue weighted by molar-refractivity contribution is 6.08. The first-order chi connectivity index (χ1) is 10.3. The molecule has 5 heteroatoms. The quantitative estimate of drug-likeness (QED) is 0.397. The van der Waals surface area contributed by atoms with Crippen molar-refractivity contribution in [3.05, 3.63) is 77.7 Å². The summed E-state index contributed by atoms with van der Waals surface area (Å²) >= 11 is 0. The van der Waals surface area contributed by atoms with Crippen LogP contribution in [0.1, 0.15) is 15.9 Å². The Morgan fingerprint density at radius 2 is 1.76 bits per heavy atom. The lowest BCUT2D eigenvalue weighted by Crippen LogP contribution is -2.01. The average Bonchev–Trinajstić information content (AvgIpc) is 2.56. The van der Waals surface area contributed by atoms with Gasteiger partial charge >= 0.3 is 0 Å². The van der Waals surface area contributed by atoms with Gasteiger partial charge in [-0.1, -0.05) is 42.5 Å². The highest BCUT2D eigenvalue weighted by Crippen LogP contribution is 2.19. The van der Waals surface area contributed by atoms with E-state index in [-0.39, 0.29) is 5.70 Å². The summed E-state index contributed by atoms with van der Waals surface area (Å²) in [5.41, 5.74) is 0.866. The van der Waals surface area contributed by atoms with Crippen LogP contribution in [0.4, 0.5) is 5.69 Å². The zero-order valence-electron chi connectivity index (χ0n) is 11.0. The van der Waals surface area contributed by atoms with Gasteiger partial charge in [0.1, 0.15) is 18.0 Å². The largest absolute Gasteiger partial charge is 0.513 e. The Labute approximate surface area is 121 Å². The molecule has 0 saturated heterocycles. The molecule has 0 heterocycles. The molecule has 0 aliphatic rings. The van der Waals surface area contributed by atoms with Crippen molar-refractivity contribution in [2.45, 2.75) is 0 Å². The summed E-state index contributed by atoms with van der Waals surface area (Å²) in [5.74, 6) is -0.448. The van der Waals surface area contributed by atoms with Gasteiger partial charge < -0.3 is 5.11 Å². The summed E-state index contributed by atoms with van der Waals surface area (Å²) in [7, 11) is 0. The van der Waals surface area contributed by atoms with Gasteiger partial charge in [-0.3, -0.25) is 4.79 Å². The van der Waals surface area contributed by atoms with Gasteiger partial charge in [-0.25, -0.2) is 0 Å². The third-order valence-electron chi connectivity index (χ3n) is 2.68. The Hall–Kier alpha value is -3.26. The molecule has 21 heavy (non-hydrogen) atoms. The molecule has 0 unspecified atom stereocenters. The van der Waals surface area contributed by atoms with E-state index >= 15 is 0 Å². The number of azo groups is 1. The molecule has 0 aliphatic carbocycles. The molecule has 2 rings (SSSR count). The van der Waals surface area contributed by atoms with Crippen LogP contribution < -0.4 is 0 Å². The van der Waals surface area contributed by atoms with Crippen LogP contribution in [0.5, 0.6) is 0 Å². The van der Waals surface area contributed by atoms with Crippen LogP contribution in [0.25, 0.3) is 0 Å². The van der Waals surface area contributed by atoms with E-state index in [1.54, 1.807) is 54.6 Å². The first-order valence-electron chi connectivity index (χ1n) is 6.11. The van der Waals surface area contributed by atoms with E-state index in [2.05, 4.69) is 10.2 Å². The molecular formula is C16H11N3O2. The third kappa shape index (κ3) is 3.39.